The fraction of sp³-hybridized carbons (Fsp3) is 0.263. The van der Waals surface area contributed by atoms with Gasteiger partial charge in [-0.25, -0.2) is 0 Å². The second kappa shape index (κ2) is 7.89. The molecule has 3 rings (SSSR count). The Morgan fingerprint density at radius 1 is 1.11 bits per heavy atom. The number of hydrogen-bond donors (Lipinski definition) is 1. The lowest BCUT2D eigenvalue weighted by Gasteiger charge is -2.18. The van der Waals surface area contributed by atoms with Crippen LogP contribution < -0.4 is 14.8 Å². The van der Waals surface area contributed by atoms with E-state index in [2.05, 4.69) is 9.71 Å². The van der Waals surface area contributed by atoms with Crippen molar-refractivity contribution < 1.29 is 22.7 Å². The lowest BCUT2D eigenvalue weighted by molar-refractivity contribution is -0.121. The third-order valence-electron chi connectivity index (χ3n) is 4.29. The maximum absolute atomic E-state index is 12.3. The first-order valence-electron chi connectivity index (χ1n) is 8.49. The molecule has 1 heterocycles. The van der Waals surface area contributed by atoms with Crippen LogP contribution in [0.2, 0.25) is 0 Å². The highest BCUT2D eigenvalue weighted by Gasteiger charge is 2.30. The van der Waals surface area contributed by atoms with Crippen molar-refractivity contribution in [1.29, 1.82) is 0 Å². The van der Waals surface area contributed by atoms with Crippen LogP contribution in [-0.4, -0.2) is 52.9 Å². The van der Waals surface area contributed by atoms with E-state index >= 15 is 0 Å². The number of amidine groups is 1. The molecular weight excluding hydrogens is 382 g/mol. The second-order valence-electron chi connectivity index (χ2n) is 6.21. The van der Waals surface area contributed by atoms with E-state index in [1.807, 2.05) is 6.07 Å². The standard InChI is InChI=1S/C19H21N3O5S/c1-22(19-14-6-4-5-7-17(14)28(24,25)21-19)12-18(23)20-11-13-8-9-15(26-2)16(10-13)27-3/h4-10H,11-12H2,1-3H3,(H,20,23). The Kier molecular flexibility index (Phi) is 5.55. The number of methoxy groups -OCH3 is 2. The Labute approximate surface area is 163 Å². The van der Waals surface area contributed by atoms with E-state index in [1.165, 1.54) is 11.0 Å². The summed E-state index contributed by atoms with van der Waals surface area (Å²) in [5.74, 6) is 1.18. The summed E-state index contributed by atoms with van der Waals surface area (Å²) in [6.45, 7) is 0.268. The van der Waals surface area contributed by atoms with E-state index in [1.54, 1.807) is 51.6 Å². The molecule has 2 aromatic carbocycles. The number of nitrogens with zero attached hydrogens (tertiary/aromatic N) is 2. The minimum atomic E-state index is -3.72. The Morgan fingerprint density at radius 2 is 1.82 bits per heavy atom. The maximum Gasteiger partial charge on any atom is 0.285 e. The molecule has 0 atom stereocenters. The SMILES string of the molecule is COc1ccc(CNC(=O)CN(C)C2=NS(=O)(=O)c3ccccc32)cc1OC. The van der Waals surface area contributed by atoms with Crippen molar-refractivity contribution in [3.05, 3.63) is 53.6 Å². The topological polar surface area (TPSA) is 97.3 Å². The number of likely N-dealkylation sites (N-methyl/N-ethyl adjacent to an activating group) is 1. The second-order valence-corrected chi connectivity index (χ2v) is 7.78. The predicted octanol–water partition coefficient (Wildman–Crippen LogP) is 1.40. The molecule has 2 aromatic rings. The van der Waals surface area contributed by atoms with Gasteiger partial charge in [0.25, 0.3) is 10.0 Å². The molecule has 148 valence electrons. The quantitative estimate of drug-likeness (QED) is 0.783. The minimum absolute atomic E-state index is 0.0318. The third-order valence-corrected chi connectivity index (χ3v) is 5.62. The van der Waals surface area contributed by atoms with Gasteiger partial charge in [-0.05, 0) is 29.8 Å². The fourth-order valence-electron chi connectivity index (χ4n) is 2.90. The number of sulfonamides is 1. The van der Waals surface area contributed by atoms with Crippen LogP contribution in [0.15, 0.2) is 51.8 Å². The molecule has 1 aliphatic rings. The highest BCUT2D eigenvalue weighted by atomic mass is 32.2. The summed E-state index contributed by atoms with van der Waals surface area (Å²) in [5, 5.41) is 2.81. The lowest BCUT2D eigenvalue weighted by atomic mass is 10.2. The first kappa shape index (κ1) is 19.7. The van der Waals surface area contributed by atoms with Crippen LogP contribution in [0.3, 0.4) is 0 Å². The molecule has 0 saturated heterocycles. The predicted molar refractivity (Wildman–Crippen MR) is 104 cm³/mol. The van der Waals surface area contributed by atoms with Gasteiger partial charge in [0.05, 0.1) is 20.8 Å². The number of carbonyl (C=O) groups is 1. The highest BCUT2D eigenvalue weighted by Crippen LogP contribution is 2.28. The Morgan fingerprint density at radius 3 is 2.54 bits per heavy atom. The van der Waals surface area contributed by atoms with Crippen molar-refractivity contribution in [3.8, 4) is 11.5 Å². The van der Waals surface area contributed by atoms with E-state index in [-0.39, 0.29) is 23.2 Å². The van der Waals surface area contributed by atoms with Crippen molar-refractivity contribution in [3.63, 3.8) is 0 Å². The van der Waals surface area contributed by atoms with Gasteiger partial charge in [-0.15, -0.1) is 4.40 Å². The zero-order valence-electron chi connectivity index (χ0n) is 15.8. The lowest BCUT2D eigenvalue weighted by Crippen LogP contribution is -2.38. The number of fused-ring (bicyclic) bond motifs is 1. The zero-order valence-corrected chi connectivity index (χ0v) is 16.6. The fourth-order valence-corrected chi connectivity index (χ4v) is 4.15. The first-order valence-corrected chi connectivity index (χ1v) is 9.93. The number of carbonyl (C=O) groups excluding carboxylic acids is 1. The van der Waals surface area contributed by atoms with Crippen LogP contribution in [0.4, 0.5) is 0 Å². The van der Waals surface area contributed by atoms with E-state index in [0.717, 1.165) is 5.56 Å². The van der Waals surface area contributed by atoms with Crippen LogP contribution in [-0.2, 0) is 21.4 Å². The number of benzene rings is 2. The summed E-state index contributed by atoms with van der Waals surface area (Å²) in [5.41, 5.74) is 1.34. The van der Waals surface area contributed by atoms with Crippen molar-refractivity contribution >= 4 is 21.8 Å². The van der Waals surface area contributed by atoms with E-state index < -0.39 is 10.0 Å². The van der Waals surface area contributed by atoms with Gasteiger partial charge in [-0.1, -0.05) is 18.2 Å². The number of ether oxygens (including phenoxy) is 2. The minimum Gasteiger partial charge on any atom is -0.493 e. The normalized spacial score (nSPS) is 14.0. The molecule has 9 heteroatoms. The highest BCUT2D eigenvalue weighted by molar-refractivity contribution is 7.90. The number of hydrogen-bond acceptors (Lipinski definition) is 6. The van der Waals surface area contributed by atoms with Crippen LogP contribution in [0.25, 0.3) is 0 Å². The summed E-state index contributed by atoms with van der Waals surface area (Å²) < 4.78 is 38.5. The van der Waals surface area contributed by atoms with E-state index in [9.17, 15) is 13.2 Å². The molecular formula is C19H21N3O5S. The molecule has 0 fully saturated rings. The Balaban J connectivity index is 1.64. The van der Waals surface area contributed by atoms with Gasteiger partial charge in [0, 0.05) is 19.2 Å². The average Bonchev–Trinajstić information content (AvgIpc) is 2.97. The Hall–Kier alpha value is -3.07. The van der Waals surface area contributed by atoms with E-state index in [0.29, 0.717) is 23.6 Å². The Bertz CT molecular complexity index is 1030. The summed E-state index contributed by atoms with van der Waals surface area (Å²) in [7, 11) is 1.01. The van der Waals surface area contributed by atoms with Gasteiger partial charge in [0.15, 0.2) is 17.3 Å². The molecule has 0 bridgehead atoms. The molecule has 0 saturated carbocycles. The van der Waals surface area contributed by atoms with E-state index in [4.69, 9.17) is 9.47 Å². The van der Waals surface area contributed by atoms with Crippen molar-refractivity contribution in [2.24, 2.45) is 4.40 Å². The molecule has 1 N–H and O–H groups in total. The number of rotatable bonds is 6. The molecule has 1 aliphatic heterocycles. The average molecular weight is 403 g/mol. The molecule has 0 aliphatic carbocycles. The number of nitrogens with one attached hydrogen (secondary N) is 1. The smallest absolute Gasteiger partial charge is 0.285 e. The summed E-state index contributed by atoms with van der Waals surface area (Å²) >= 11 is 0. The van der Waals surface area contributed by atoms with Crippen LogP contribution in [0.5, 0.6) is 11.5 Å². The van der Waals surface area contributed by atoms with Crippen molar-refractivity contribution in [1.82, 2.24) is 10.2 Å². The van der Waals surface area contributed by atoms with Crippen LogP contribution in [0.1, 0.15) is 11.1 Å². The van der Waals surface area contributed by atoms with Crippen molar-refractivity contribution in [2.45, 2.75) is 11.4 Å². The first-order chi connectivity index (χ1) is 13.4. The molecule has 0 unspecified atom stereocenters. The molecule has 28 heavy (non-hydrogen) atoms. The molecule has 1 amide bonds. The summed E-state index contributed by atoms with van der Waals surface area (Å²) in [6, 6.07) is 11.9. The van der Waals surface area contributed by atoms with Gasteiger partial charge in [-0.3, -0.25) is 4.79 Å². The largest absolute Gasteiger partial charge is 0.493 e. The number of amides is 1. The van der Waals surface area contributed by atoms with Crippen LogP contribution in [0, 0.1) is 0 Å². The molecule has 0 radical (unpaired) electrons. The summed E-state index contributed by atoms with van der Waals surface area (Å²) in [4.78, 5) is 14.0. The van der Waals surface area contributed by atoms with Gasteiger partial charge >= 0.3 is 0 Å². The third kappa shape index (κ3) is 3.94. The maximum atomic E-state index is 12.3. The van der Waals surface area contributed by atoms with Gasteiger partial charge in [0.1, 0.15) is 4.90 Å². The van der Waals surface area contributed by atoms with Gasteiger partial charge in [-0.2, -0.15) is 8.42 Å². The molecule has 0 aromatic heterocycles. The zero-order chi connectivity index (χ0) is 20.3. The van der Waals surface area contributed by atoms with Crippen molar-refractivity contribution in [2.75, 3.05) is 27.8 Å². The van der Waals surface area contributed by atoms with Gasteiger partial charge < -0.3 is 19.7 Å². The molecule has 0 spiro atoms. The summed E-state index contributed by atoms with van der Waals surface area (Å²) in [6.07, 6.45) is 0. The molecule has 8 nitrogen and oxygen atoms in total. The van der Waals surface area contributed by atoms with Crippen LogP contribution >= 0.6 is 0 Å². The monoisotopic (exact) mass is 403 g/mol. The van der Waals surface area contributed by atoms with Gasteiger partial charge in [0.2, 0.25) is 5.91 Å².